The van der Waals surface area contributed by atoms with Crippen LogP contribution >= 0.6 is 0 Å². The molecule has 0 spiro atoms. The number of hydrogen-bond donors (Lipinski definition) is 0. The molecule has 1 aromatic carbocycles. The van der Waals surface area contributed by atoms with Gasteiger partial charge >= 0.3 is 79.1 Å². The molecule has 120 valence electrons. The van der Waals surface area contributed by atoms with Crippen molar-refractivity contribution in [1.82, 2.24) is 0 Å². The van der Waals surface area contributed by atoms with E-state index in [4.69, 9.17) is 0 Å². The van der Waals surface area contributed by atoms with Gasteiger partial charge in [0.15, 0.2) is 0 Å². The van der Waals surface area contributed by atoms with Crippen LogP contribution in [0, 0.1) is 6.92 Å². The minimum absolute atomic E-state index is 0. The zero-order valence-electron chi connectivity index (χ0n) is 11.2. The molecule has 0 saturated heterocycles. The molecule has 0 unspecified atom stereocenters. The van der Waals surface area contributed by atoms with Crippen molar-refractivity contribution in [2.45, 2.75) is 12.7 Å². The Morgan fingerprint density at radius 1 is 1.09 bits per heavy atom. The van der Waals surface area contributed by atoms with Gasteiger partial charge in [-0.25, -0.2) is 0 Å². The number of hydrogen-bond acceptors (Lipinski definition) is 5. The Morgan fingerprint density at radius 3 is 1.95 bits per heavy atom. The van der Waals surface area contributed by atoms with Crippen molar-refractivity contribution in [1.29, 1.82) is 0 Å². The van der Waals surface area contributed by atoms with Crippen LogP contribution in [0.2, 0.25) is 0 Å². The van der Waals surface area contributed by atoms with Crippen molar-refractivity contribution in [2.24, 2.45) is 0 Å². The first-order valence-corrected chi connectivity index (χ1v) is 7.95. The van der Waals surface area contributed by atoms with Crippen LogP contribution in [-0.4, -0.2) is 23.8 Å². The van der Waals surface area contributed by atoms with Gasteiger partial charge in [-0.1, -0.05) is 9.95 Å². The fourth-order valence-corrected chi connectivity index (χ4v) is 2.54. The van der Waals surface area contributed by atoms with Gasteiger partial charge in [0.25, 0.3) is 0 Å². The first kappa shape index (κ1) is 22.3. The van der Waals surface area contributed by atoms with Crippen molar-refractivity contribution in [3.8, 4) is 5.75 Å². The molecular formula is C8H7BF5KO5S2. The maximum atomic E-state index is 12.8. The van der Waals surface area contributed by atoms with E-state index in [9.17, 15) is 37.6 Å². The zero-order valence-corrected chi connectivity index (χ0v) is 15.9. The Hall–Kier alpha value is 0.271. The van der Waals surface area contributed by atoms with E-state index in [1.165, 1.54) is 0 Å². The van der Waals surface area contributed by atoms with Crippen molar-refractivity contribution in [3.63, 3.8) is 0 Å². The summed E-state index contributed by atoms with van der Waals surface area (Å²) in [6.45, 7) is -4.87. The van der Waals surface area contributed by atoms with Crippen LogP contribution in [-0.2, 0) is 26.5 Å². The zero-order chi connectivity index (χ0) is 16.6. The molecule has 1 aromatic rings. The molecule has 0 atom stereocenters. The molecule has 0 heterocycles. The molecule has 1 rings (SSSR count). The summed E-state index contributed by atoms with van der Waals surface area (Å²) in [4.78, 5) is 0. The summed E-state index contributed by atoms with van der Waals surface area (Å²) >= 11 is 0. The van der Waals surface area contributed by atoms with E-state index in [-0.39, 0.29) is 51.4 Å². The van der Waals surface area contributed by atoms with Crippen LogP contribution in [0.5, 0.6) is 5.75 Å². The molecule has 0 bridgehead atoms. The smallest absolute Gasteiger partial charge is 0.445 e. The van der Waals surface area contributed by atoms with Crippen LogP contribution in [0.3, 0.4) is 0 Å². The van der Waals surface area contributed by atoms with Gasteiger partial charge in [0, 0.05) is 0 Å². The Bertz CT molecular complexity index is 762. The van der Waals surface area contributed by atoms with Crippen LogP contribution < -0.4 is 61.0 Å². The van der Waals surface area contributed by atoms with E-state index < -0.39 is 55.8 Å². The molecule has 0 aromatic heterocycles. The minimum Gasteiger partial charge on any atom is -0.445 e. The second-order valence-corrected chi connectivity index (χ2v) is 6.36. The summed E-state index contributed by atoms with van der Waals surface area (Å²) in [7, 11) is -10.8. The Balaban J connectivity index is 0.00000441. The third-order valence-corrected chi connectivity index (χ3v) is 3.40. The third kappa shape index (κ3) is 7.23. The van der Waals surface area contributed by atoms with Gasteiger partial charge in [0.05, 0.1) is 0 Å². The van der Waals surface area contributed by atoms with Crippen LogP contribution in [0.4, 0.5) is 20.7 Å². The van der Waals surface area contributed by atoms with E-state index in [0.29, 0.717) is 12.1 Å². The Morgan fingerprint density at radius 2 is 1.59 bits per heavy atom. The molecular weight excluding hydrogens is 385 g/mol. The fourth-order valence-electron chi connectivity index (χ4n) is 1.58. The standard InChI is InChI=1S/C8H7BF5O5S2.K/c1-5-7(9(10,11)12)2-6(4-20(13,15)16)3-8(5)19-21(14,17)18;/h2-3H,4H2,1H3;/q-1;+1. The van der Waals surface area contributed by atoms with Gasteiger partial charge in [-0.2, -0.15) is 16.8 Å². The summed E-state index contributed by atoms with van der Waals surface area (Å²) in [6, 6.07) is 0.846. The van der Waals surface area contributed by atoms with Gasteiger partial charge in [0.1, 0.15) is 11.5 Å². The molecule has 22 heavy (non-hydrogen) atoms. The Labute approximate surface area is 166 Å². The van der Waals surface area contributed by atoms with E-state index in [1.807, 2.05) is 0 Å². The average Bonchev–Trinajstić information content (AvgIpc) is 2.16. The normalized spacial score (nSPS) is 12.6. The molecule has 14 heteroatoms. The summed E-state index contributed by atoms with van der Waals surface area (Å²) in [5.74, 6) is -2.50. The molecule has 0 saturated carbocycles. The van der Waals surface area contributed by atoms with Gasteiger partial charge in [-0.05, 0) is 24.1 Å². The summed E-state index contributed by atoms with van der Waals surface area (Å²) in [5, 5.41) is 0. The van der Waals surface area contributed by atoms with Gasteiger partial charge in [0.2, 0.25) is 0 Å². The fraction of sp³-hybridized carbons (Fsp3) is 0.250. The van der Waals surface area contributed by atoms with Crippen LogP contribution in [0.15, 0.2) is 12.1 Å². The van der Waals surface area contributed by atoms with E-state index >= 15 is 0 Å². The quantitative estimate of drug-likeness (QED) is 0.345. The SMILES string of the molecule is Cc1c(OS(=O)(=O)F)cc(CS(=O)(=O)F)cc1[B-](F)(F)F.[K+]. The monoisotopic (exact) mass is 392 g/mol. The molecule has 5 nitrogen and oxygen atoms in total. The summed E-state index contributed by atoms with van der Waals surface area (Å²) in [6.07, 6.45) is 0. The molecule has 0 amide bonds. The number of rotatable bonds is 5. The summed E-state index contributed by atoms with van der Waals surface area (Å²) < 4.78 is 109. The van der Waals surface area contributed by atoms with Crippen molar-refractivity contribution < 1.29 is 93.1 Å². The predicted octanol–water partition coefficient (Wildman–Crippen LogP) is -1.55. The van der Waals surface area contributed by atoms with Crippen LogP contribution in [0.1, 0.15) is 11.1 Å². The summed E-state index contributed by atoms with van der Waals surface area (Å²) in [5.41, 5.74) is -2.89. The molecule has 0 radical (unpaired) electrons. The van der Waals surface area contributed by atoms with Gasteiger partial charge in [-0.3, -0.25) is 0 Å². The van der Waals surface area contributed by atoms with Crippen molar-refractivity contribution >= 4 is 33.2 Å². The maximum absolute atomic E-state index is 12.8. The van der Waals surface area contributed by atoms with Crippen molar-refractivity contribution in [2.75, 3.05) is 0 Å². The van der Waals surface area contributed by atoms with Crippen molar-refractivity contribution in [3.05, 3.63) is 23.3 Å². The molecule has 0 aliphatic carbocycles. The first-order valence-electron chi connectivity index (χ1n) is 5.09. The second-order valence-electron chi connectivity index (χ2n) is 4.04. The number of halogens is 5. The first-order chi connectivity index (χ1) is 9.19. The van der Waals surface area contributed by atoms with E-state index in [0.717, 1.165) is 6.92 Å². The largest absolute Gasteiger partial charge is 1.00 e. The maximum Gasteiger partial charge on any atom is 1.00 e. The van der Waals surface area contributed by atoms with Gasteiger partial charge < -0.3 is 17.1 Å². The topological polar surface area (TPSA) is 77.5 Å². The molecule has 0 aliphatic heterocycles. The molecule has 0 N–H and O–H groups in total. The van der Waals surface area contributed by atoms with Gasteiger partial charge in [-0.15, -0.1) is 9.35 Å². The van der Waals surface area contributed by atoms with E-state index in [2.05, 4.69) is 4.18 Å². The Kier molecular flexibility index (Phi) is 7.53. The third-order valence-electron chi connectivity index (χ3n) is 2.34. The predicted molar refractivity (Wildman–Crippen MR) is 64.3 cm³/mol. The molecule has 0 fully saturated rings. The number of benzene rings is 1. The molecule has 0 aliphatic rings. The second kappa shape index (κ2) is 7.44. The van der Waals surface area contributed by atoms with E-state index in [1.54, 1.807) is 0 Å². The average molecular weight is 392 g/mol. The minimum atomic E-state index is -5.68. The van der Waals surface area contributed by atoms with Crippen LogP contribution in [0.25, 0.3) is 0 Å².